The van der Waals surface area contributed by atoms with Crippen molar-refractivity contribution in [3.63, 3.8) is 0 Å². The summed E-state index contributed by atoms with van der Waals surface area (Å²) in [5, 5.41) is 12.8. The van der Waals surface area contributed by atoms with Crippen LogP contribution in [0, 0.1) is 6.92 Å². The van der Waals surface area contributed by atoms with E-state index in [1.807, 2.05) is 31.2 Å². The van der Waals surface area contributed by atoms with Gasteiger partial charge in [-0.3, -0.25) is 0 Å². The van der Waals surface area contributed by atoms with Crippen LogP contribution in [0.5, 0.6) is 5.75 Å². The molecule has 2 aromatic rings. The van der Waals surface area contributed by atoms with E-state index < -0.39 is 5.60 Å². The van der Waals surface area contributed by atoms with Crippen molar-refractivity contribution in [2.75, 3.05) is 19.6 Å². The van der Waals surface area contributed by atoms with Crippen LogP contribution in [-0.2, 0) is 12.2 Å². The van der Waals surface area contributed by atoms with Crippen LogP contribution in [0.15, 0.2) is 24.3 Å². The minimum absolute atomic E-state index is 0.461. The molecule has 2 heterocycles. The van der Waals surface area contributed by atoms with Crippen LogP contribution in [0.2, 0.25) is 5.02 Å². The maximum absolute atomic E-state index is 11.2. The Balaban J connectivity index is 1.67. The smallest absolute Gasteiger partial charge is 0.125 e. The van der Waals surface area contributed by atoms with Crippen LogP contribution in [0.3, 0.4) is 0 Å². The first kappa shape index (κ1) is 19.6. The van der Waals surface area contributed by atoms with Gasteiger partial charge in [-0.05, 0) is 70.0 Å². The molecule has 1 fully saturated rings. The number of hydrogen-bond acceptors (Lipinski definition) is 5. The molecule has 1 aromatic carbocycles. The van der Waals surface area contributed by atoms with Crippen molar-refractivity contribution in [3.8, 4) is 5.75 Å². The quantitative estimate of drug-likeness (QED) is 0.766. The van der Waals surface area contributed by atoms with Crippen molar-refractivity contribution in [2.24, 2.45) is 0 Å². The summed E-state index contributed by atoms with van der Waals surface area (Å²) in [4.78, 5) is 8.21. The fraction of sp³-hybridized carbons (Fsp3) is 0.550. The Morgan fingerprint density at radius 3 is 2.77 bits per heavy atom. The molecule has 1 atom stereocenters. The number of halogens is 1. The SMILES string of the molecule is CCCN1CCCC(O)(c2nc(C)c(COc3ccc(Cl)cc3)s2)CC1. The second kappa shape index (κ2) is 8.70. The number of aliphatic hydroxyl groups is 1. The summed E-state index contributed by atoms with van der Waals surface area (Å²) in [6.07, 6.45) is 3.68. The van der Waals surface area contributed by atoms with E-state index in [9.17, 15) is 5.11 Å². The zero-order valence-electron chi connectivity index (χ0n) is 15.5. The summed E-state index contributed by atoms with van der Waals surface area (Å²) >= 11 is 7.49. The molecular weight excluding hydrogens is 368 g/mol. The second-order valence-corrected chi connectivity index (χ2v) is 8.52. The average Bonchev–Trinajstić information content (AvgIpc) is 2.90. The van der Waals surface area contributed by atoms with Gasteiger partial charge in [-0.1, -0.05) is 18.5 Å². The summed E-state index contributed by atoms with van der Waals surface area (Å²) in [7, 11) is 0. The first-order chi connectivity index (χ1) is 12.5. The highest BCUT2D eigenvalue weighted by molar-refractivity contribution is 7.11. The maximum Gasteiger partial charge on any atom is 0.125 e. The zero-order chi connectivity index (χ0) is 18.6. The number of aromatic nitrogens is 1. The van der Waals surface area contributed by atoms with Crippen LogP contribution in [0.1, 0.15) is 48.2 Å². The van der Waals surface area contributed by atoms with Gasteiger partial charge < -0.3 is 14.7 Å². The molecule has 0 amide bonds. The number of rotatable bonds is 6. The van der Waals surface area contributed by atoms with E-state index >= 15 is 0 Å². The molecule has 1 N–H and O–H groups in total. The summed E-state index contributed by atoms with van der Waals surface area (Å²) < 4.78 is 5.86. The Bertz CT molecular complexity index is 719. The van der Waals surface area contributed by atoms with Gasteiger partial charge in [0.2, 0.25) is 0 Å². The molecular formula is C20H27ClN2O2S. The zero-order valence-corrected chi connectivity index (χ0v) is 17.1. The third kappa shape index (κ3) is 4.77. The van der Waals surface area contributed by atoms with Gasteiger partial charge in [0.1, 0.15) is 23.0 Å². The highest BCUT2D eigenvalue weighted by Gasteiger charge is 2.35. The van der Waals surface area contributed by atoms with Crippen LogP contribution >= 0.6 is 22.9 Å². The molecule has 1 aromatic heterocycles. The van der Waals surface area contributed by atoms with E-state index in [2.05, 4.69) is 11.8 Å². The Hall–Kier alpha value is -1.14. The first-order valence-corrected chi connectivity index (χ1v) is 10.5. The molecule has 26 heavy (non-hydrogen) atoms. The van der Waals surface area contributed by atoms with E-state index in [1.165, 1.54) is 0 Å². The summed E-state index contributed by atoms with van der Waals surface area (Å²) in [6.45, 7) is 7.75. The molecule has 6 heteroatoms. The summed E-state index contributed by atoms with van der Waals surface area (Å²) in [6, 6.07) is 7.36. The molecule has 0 spiro atoms. The molecule has 1 aliphatic heterocycles. The molecule has 0 bridgehead atoms. The van der Waals surface area contributed by atoms with Crippen molar-refractivity contribution in [3.05, 3.63) is 44.9 Å². The first-order valence-electron chi connectivity index (χ1n) is 9.30. The Labute approximate surface area is 164 Å². The number of aryl methyl sites for hydroxylation is 1. The number of thiazole rings is 1. The van der Waals surface area contributed by atoms with Gasteiger partial charge in [0.25, 0.3) is 0 Å². The molecule has 1 aliphatic rings. The van der Waals surface area contributed by atoms with Gasteiger partial charge in [0.15, 0.2) is 0 Å². The lowest BCUT2D eigenvalue weighted by atomic mass is 9.96. The average molecular weight is 395 g/mol. The molecule has 1 unspecified atom stereocenters. The van der Waals surface area contributed by atoms with Crippen LogP contribution < -0.4 is 4.74 Å². The molecule has 3 rings (SSSR count). The normalized spacial score (nSPS) is 21.5. The van der Waals surface area contributed by atoms with E-state index in [-0.39, 0.29) is 0 Å². The summed E-state index contributed by atoms with van der Waals surface area (Å²) in [5.41, 5.74) is 0.137. The largest absolute Gasteiger partial charge is 0.488 e. The molecule has 0 saturated carbocycles. The van der Waals surface area contributed by atoms with Crippen molar-refractivity contribution in [2.45, 2.75) is 51.7 Å². The monoisotopic (exact) mass is 394 g/mol. The highest BCUT2D eigenvalue weighted by Crippen LogP contribution is 2.36. The minimum atomic E-state index is -0.809. The van der Waals surface area contributed by atoms with Crippen molar-refractivity contribution in [1.29, 1.82) is 0 Å². The molecule has 1 saturated heterocycles. The fourth-order valence-corrected chi connectivity index (χ4v) is 4.62. The van der Waals surface area contributed by atoms with E-state index in [0.717, 1.165) is 66.6 Å². The van der Waals surface area contributed by atoms with Crippen LogP contribution in [0.25, 0.3) is 0 Å². The van der Waals surface area contributed by atoms with E-state index in [1.54, 1.807) is 11.3 Å². The lowest BCUT2D eigenvalue weighted by Crippen LogP contribution is -2.29. The van der Waals surface area contributed by atoms with Gasteiger partial charge in [-0.15, -0.1) is 11.3 Å². The second-order valence-electron chi connectivity index (χ2n) is 7.00. The van der Waals surface area contributed by atoms with Crippen molar-refractivity contribution in [1.82, 2.24) is 9.88 Å². The van der Waals surface area contributed by atoms with Crippen LogP contribution in [0.4, 0.5) is 0 Å². The minimum Gasteiger partial charge on any atom is -0.488 e. The summed E-state index contributed by atoms with van der Waals surface area (Å²) in [5.74, 6) is 0.784. The third-order valence-corrected chi connectivity index (χ3v) is 6.50. The van der Waals surface area contributed by atoms with Crippen molar-refractivity contribution < 1.29 is 9.84 Å². The Morgan fingerprint density at radius 1 is 1.27 bits per heavy atom. The van der Waals surface area contributed by atoms with E-state index in [0.29, 0.717) is 11.6 Å². The topological polar surface area (TPSA) is 45.6 Å². The fourth-order valence-electron chi connectivity index (χ4n) is 3.37. The lowest BCUT2D eigenvalue weighted by molar-refractivity contribution is 0.0209. The number of ether oxygens (including phenoxy) is 1. The van der Waals surface area contributed by atoms with Gasteiger partial charge in [0.05, 0.1) is 10.6 Å². The highest BCUT2D eigenvalue weighted by atomic mass is 35.5. The predicted molar refractivity (Wildman–Crippen MR) is 107 cm³/mol. The lowest BCUT2D eigenvalue weighted by Gasteiger charge is -2.24. The van der Waals surface area contributed by atoms with Crippen molar-refractivity contribution >= 4 is 22.9 Å². The Morgan fingerprint density at radius 2 is 2.04 bits per heavy atom. The van der Waals surface area contributed by atoms with Crippen LogP contribution in [-0.4, -0.2) is 34.6 Å². The molecule has 4 nitrogen and oxygen atoms in total. The number of likely N-dealkylation sites (tertiary alicyclic amines) is 1. The maximum atomic E-state index is 11.2. The number of benzene rings is 1. The standard InChI is InChI=1S/C20H27ClN2O2S/c1-3-11-23-12-4-9-20(24,10-13-23)19-22-15(2)18(26-19)14-25-17-7-5-16(21)6-8-17/h5-8,24H,3-4,9-14H2,1-2H3. The van der Waals surface area contributed by atoms with Gasteiger partial charge in [0, 0.05) is 11.6 Å². The van der Waals surface area contributed by atoms with E-state index in [4.69, 9.17) is 21.3 Å². The third-order valence-electron chi connectivity index (χ3n) is 4.92. The number of nitrogens with zero attached hydrogens (tertiary/aromatic N) is 2. The van der Waals surface area contributed by atoms with Gasteiger partial charge in [-0.25, -0.2) is 4.98 Å². The Kier molecular flexibility index (Phi) is 6.56. The predicted octanol–water partition coefficient (Wildman–Crippen LogP) is 4.77. The van der Waals surface area contributed by atoms with Gasteiger partial charge in [-0.2, -0.15) is 0 Å². The molecule has 142 valence electrons. The number of hydrogen-bond donors (Lipinski definition) is 1. The molecule has 0 radical (unpaired) electrons. The molecule has 0 aliphatic carbocycles. The van der Waals surface area contributed by atoms with Gasteiger partial charge >= 0.3 is 0 Å².